The minimum Gasteiger partial charge on any atom is -0.393 e. The van der Waals surface area contributed by atoms with Crippen LogP contribution in [-0.2, 0) is 0 Å². The Kier molecular flexibility index (Phi) is 4.62. The van der Waals surface area contributed by atoms with E-state index in [1.54, 1.807) is 18.2 Å². The highest BCUT2D eigenvalue weighted by atomic mass is 32.1. The number of hydrogen-bond acceptors (Lipinski definition) is 8. The first-order valence-electron chi connectivity index (χ1n) is 8.63. The summed E-state index contributed by atoms with van der Waals surface area (Å²) in [5.41, 5.74) is 10.0. The van der Waals surface area contributed by atoms with E-state index in [0.29, 0.717) is 28.0 Å². The highest BCUT2D eigenvalue weighted by molar-refractivity contribution is 7.22. The van der Waals surface area contributed by atoms with Crippen molar-refractivity contribution in [3.8, 4) is 0 Å². The number of carbonyl (C=O) groups excluding carboxylic acids is 1. The van der Waals surface area contributed by atoms with Crippen LogP contribution in [0.3, 0.4) is 0 Å². The molecule has 8 heteroatoms. The van der Waals surface area contributed by atoms with Crippen LogP contribution in [0, 0.1) is 6.92 Å². The maximum Gasteiger partial charge on any atom is 0.189 e. The number of nitrogens with one attached hydrogen (secondary N) is 2. The SMILES string of the molecule is CC(=O)c1cccc(Nc2ncnc(Nc3nc4c(C)cccc4s3)c2N)c1. The summed E-state index contributed by atoms with van der Waals surface area (Å²) in [6, 6.07) is 13.2. The summed E-state index contributed by atoms with van der Waals surface area (Å²) in [4.78, 5) is 24.7. The van der Waals surface area contributed by atoms with E-state index in [9.17, 15) is 4.79 Å². The first-order valence-corrected chi connectivity index (χ1v) is 9.44. The number of aromatic nitrogens is 3. The fourth-order valence-electron chi connectivity index (χ4n) is 2.79. The summed E-state index contributed by atoms with van der Waals surface area (Å²) >= 11 is 1.53. The van der Waals surface area contributed by atoms with Gasteiger partial charge in [-0.05, 0) is 37.6 Å². The van der Waals surface area contributed by atoms with Crippen LogP contribution in [0.4, 0.5) is 28.1 Å². The van der Waals surface area contributed by atoms with Gasteiger partial charge in [0, 0.05) is 11.3 Å². The lowest BCUT2D eigenvalue weighted by atomic mass is 10.1. The molecule has 0 aliphatic rings. The van der Waals surface area contributed by atoms with Gasteiger partial charge in [0.25, 0.3) is 0 Å². The first-order chi connectivity index (χ1) is 13.5. The Morgan fingerprint density at radius 1 is 1.07 bits per heavy atom. The Balaban J connectivity index is 1.62. The van der Waals surface area contributed by atoms with E-state index in [0.717, 1.165) is 21.5 Å². The molecular formula is C20H18N6OS. The molecule has 0 unspecified atom stereocenters. The minimum absolute atomic E-state index is 0.00667. The maximum absolute atomic E-state index is 11.6. The molecule has 0 saturated heterocycles. The van der Waals surface area contributed by atoms with Gasteiger partial charge in [0.1, 0.15) is 12.0 Å². The number of benzene rings is 2. The van der Waals surface area contributed by atoms with Crippen molar-refractivity contribution in [1.29, 1.82) is 0 Å². The summed E-state index contributed by atoms with van der Waals surface area (Å²) in [5, 5.41) is 7.03. The van der Waals surface area contributed by atoms with E-state index in [2.05, 4.69) is 25.6 Å². The van der Waals surface area contributed by atoms with Crippen LogP contribution in [-0.4, -0.2) is 20.7 Å². The molecule has 0 spiro atoms. The zero-order valence-electron chi connectivity index (χ0n) is 15.4. The lowest BCUT2D eigenvalue weighted by Crippen LogP contribution is -2.05. The first kappa shape index (κ1) is 17.9. The molecule has 4 N–H and O–H groups in total. The molecule has 0 bridgehead atoms. The number of para-hydroxylation sites is 1. The van der Waals surface area contributed by atoms with Gasteiger partial charge in [-0.25, -0.2) is 15.0 Å². The van der Waals surface area contributed by atoms with Crippen LogP contribution >= 0.6 is 11.3 Å². The lowest BCUT2D eigenvalue weighted by molar-refractivity contribution is 0.101. The normalized spacial score (nSPS) is 10.8. The zero-order chi connectivity index (χ0) is 19.7. The molecule has 140 valence electrons. The monoisotopic (exact) mass is 390 g/mol. The van der Waals surface area contributed by atoms with Gasteiger partial charge in [0.2, 0.25) is 0 Å². The maximum atomic E-state index is 11.6. The smallest absolute Gasteiger partial charge is 0.189 e. The van der Waals surface area contributed by atoms with Crippen molar-refractivity contribution in [2.75, 3.05) is 16.4 Å². The van der Waals surface area contributed by atoms with Gasteiger partial charge in [-0.2, -0.15) is 0 Å². The van der Waals surface area contributed by atoms with Crippen LogP contribution < -0.4 is 16.4 Å². The minimum atomic E-state index is -0.00667. The van der Waals surface area contributed by atoms with E-state index in [4.69, 9.17) is 5.73 Å². The van der Waals surface area contributed by atoms with Gasteiger partial charge in [0.05, 0.1) is 10.2 Å². The number of anilines is 5. The number of Topliss-reactive ketones (excluding diaryl/α,β-unsaturated/α-hetero) is 1. The molecule has 2 heterocycles. The summed E-state index contributed by atoms with van der Waals surface area (Å²) < 4.78 is 1.09. The van der Waals surface area contributed by atoms with E-state index >= 15 is 0 Å². The standard InChI is InChI=1S/C20H18N6OS/c1-11-5-3-8-15-17(11)25-20(28-15)26-19-16(21)18(22-10-23-19)24-14-7-4-6-13(9-14)12(2)27/h3-10H,21H2,1-2H3,(H2,22,23,24,25,26). The molecule has 4 rings (SSSR count). The molecule has 0 radical (unpaired) electrons. The zero-order valence-corrected chi connectivity index (χ0v) is 16.2. The molecule has 0 atom stereocenters. The highest BCUT2D eigenvalue weighted by Crippen LogP contribution is 2.33. The average molecular weight is 390 g/mol. The molecule has 7 nitrogen and oxygen atoms in total. The van der Waals surface area contributed by atoms with Crippen LogP contribution in [0.5, 0.6) is 0 Å². The van der Waals surface area contributed by atoms with Crippen LogP contribution in [0.25, 0.3) is 10.2 Å². The van der Waals surface area contributed by atoms with Gasteiger partial charge in [-0.15, -0.1) is 0 Å². The van der Waals surface area contributed by atoms with Gasteiger partial charge < -0.3 is 16.4 Å². The Hall–Kier alpha value is -3.52. The summed E-state index contributed by atoms with van der Waals surface area (Å²) in [6.07, 6.45) is 1.43. The molecule has 0 amide bonds. The number of thiazole rings is 1. The van der Waals surface area contributed by atoms with Crippen molar-refractivity contribution < 1.29 is 4.79 Å². The molecule has 28 heavy (non-hydrogen) atoms. The van der Waals surface area contributed by atoms with Crippen LogP contribution in [0.2, 0.25) is 0 Å². The van der Waals surface area contributed by atoms with E-state index < -0.39 is 0 Å². The number of rotatable bonds is 5. The number of fused-ring (bicyclic) bond motifs is 1. The number of nitrogen functional groups attached to an aromatic ring is 1. The summed E-state index contributed by atoms with van der Waals surface area (Å²) in [6.45, 7) is 3.56. The van der Waals surface area contributed by atoms with Crippen molar-refractivity contribution in [1.82, 2.24) is 15.0 Å². The van der Waals surface area contributed by atoms with Crippen molar-refractivity contribution in [2.24, 2.45) is 0 Å². The Morgan fingerprint density at radius 3 is 2.57 bits per heavy atom. The molecule has 0 aliphatic carbocycles. The fraction of sp³-hybridized carbons (Fsp3) is 0.100. The fourth-order valence-corrected chi connectivity index (χ4v) is 3.73. The molecule has 0 aliphatic heterocycles. The van der Waals surface area contributed by atoms with Crippen molar-refractivity contribution in [3.05, 3.63) is 59.9 Å². The molecule has 4 aromatic rings. The van der Waals surface area contributed by atoms with E-state index in [1.807, 2.05) is 31.2 Å². The second-order valence-electron chi connectivity index (χ2n) is 6.31. The quantitative estimate of drug-likeness (QED) is 0.425. The summed E-state index contributed by atoms with van der Waals surface area (Å²) in [7, 11) is 0. The second kappa shape index (κ2) is 7.24. The lowest BCUT2D eigenvalue weighted by Gasteiger charge is -2.11. The predicted molar refractivity (Wildman–Crippen MR) is 114 cm³/mol. The number of ketones is 1. The molecule has 2 aromatic heterocycles. The third kappa shape index (κ3) is 3.49. The Labute approximate surface area is 165 Å². The van der Waals surface area contributed by atoms with Crippen molar-refractivity contribution in [3.63, 3.8) is 0 Å². The average Bonchev–Trinajstić information content (AvgIpc) is 3.09. The second-order valence-corrected chi connectivity index (χ2v) is 7.34. The predicted octanol–water partition coefficient (Wildman–Crippen LogP) is 4.67. The Morgan fingerprint density at radius 2 is 1.82 bits per heavy atom. The van der Waals surface area contributed by atoms with Gasteiger partial charge >= 0.3 is 0 Å². The number of carbonyl (C=O) groups is 1. The Bertz CT molecular complexity index is 1190. The number of aryl methyl sites for hydroxylation is 1. The van der Waals surface area contributed by atoms with Crippen molar-refractivity contribution in [2.45, 2.75) is 13.8 Å². The van der Waals surface area contributed by atoms with Gasteiger partial charge in [-0.3, -0.25) is 4.79 Å². The summed E-state index contributed by atoms with van der Waals surface area (Å²) in [5.74, 6) is 0.917. The third-order valence-corrected chi connectivity index (χ3v) is 5.20. The highest BCUT2D eigenvalue weighted by Gasteiger charge is 2.12. The van der Waals surface area contributed by atoms with Crippen LogP contribution in [0.15, 0.2) is 48.8 Å². The van der Waals surface area contributed by atoms with E-state index in [-0.39, 0.29) is 5.78 Å². The van der Waals surface area contributed by atoms with Crippen molar-refractivity contribution >= 4 is 55.5 Å². The topological polar surface area (TPSA) is 106 Å². The van der Waals surface area contributed by atoms with Crippen LogP contribution in [0.1, 0.15) is 22.8 Å². The molecular weight excluding hydrogens is 372 g/mol. The molecule has 0 fully saturated rings. The molecule has 2 aromatic carbocycles. The van der Waals surface area contributed by atoms with Gasteiger partial charge in [-0.1, -0.05) is 35.6 Å². The number of hydrogen-bond donors (Lipinski definition) is 3. The molecule has 0 saturated carbocycles. The van der Waals surface area contributed by atoms with E-state index in [1.165, 1.54) is 24.6 Å². The third-order valence-electron chi connectivity index (χ3n) is 4.26. The number of nitrogens with zero attached hydrogens (tertiary/aromatic N) is 3. The largest absolute Gasteiger partial charge is 0.393 e. The van der Waals surface area contributed by atoms with Gasteiger partial charge in [0.15, 0.2) is 22.6 Å². The number of nitrogens with two attached hydrogens (primary N) is 1.